The van der Waals surface area contributed by atoms with Gasteiger partial charge in [0.1, 0.15) is 11.6 Å². The fraction of sp³-hybridized carbons (Fsp3) is 0.471. The summed E-state index contributed by atoms with van der Waals surface area (Å²) in [5.41, 5.74) is -5.70. The molecule has 1 unspecified atom stereocenters. The van der Waals surface area contributed by atoms with Gasteiger partial charge < -0.3 is 23.7 Å². The zero-order valence-electron chi connectivity index (χ0n) is 27.7. The van der Waals surface area contributed by atoms with Crippen molar-refractivity contribution in [2.75, 3.05) is 24.6 Å². The second-order valence-corrected chi connectivity index (χ2v) is 15.0. The molecule has 0 bridgehead atoms. The molecule has 1 saturated heterocycles. The Morgan fingerprint density at radius 1 is 1.02 bits per heavy atom. The van der Waals surface area contributed by atoms with E-state index in [0.717, 1.165) is 5.56 Å². The predicted molar refractivity (Wildman–Crippen MR) is 172 cm³/mol. The average Bonchev–Trinajstić information content (AvgIpc) is 2.96. The second kappa shape index (κ2) is 13.9. The Morgan fingerprint density at radius 2 is 1.60 bits per heavy atom. The lowest BCUT2D eigenvalue weighted by molar-refractivity contribution is -0.160. The molecule has 2 heterocycles. The molecule has 1 atom stereocenters. The van der Waals surface area contributed by atoms with Crippen LogP contribution in [0.5, 0.6) is 11.6 Å². The van der Waals surface area contributed by atoms with Gasteiger partial charge in [-0.2, -0.15) is 21.6 Å². The third-order valence-electron chi connectivity index (χ3n) is 7.94. The quantitative estimate of drug-likeness (QED) is 0.123. The van der Waals surface area contributed by atoms with Gasteiger partial charge in [-0.3, -0.25) is 0 Å². The van der Waals surface area contributed by atoms with E-state index in [-0.39, 0.29) is 45.9 Å². The molecule has 0 spiro atoms. The van der Waals surface area contributed by atoms with Gasteiger partial charge in [0, 0.05) is 30.8 Å². The van der Waals surface area contributed by atoms with E-state index in [1.807, 2.05) is 4.90 Å². The van der Waals surface area contributed by atoms with E-state index in [9.17, 15) is 35.9 Å². The van der Waals surface area contributed by atoms with Crippen molar-refractivity contribution in [3.05, 3.63) is 71.2 Å². The molecule has 2 aromatic carbocycles. The van der Waals surface area contributed by atoms with Crippen LogP contribution in [0.4, 0.5) is 23.2 Å². The molecule has 1 aromatic heterocycles. The number of aliphatic carboxylic acids is 1. The van der Waals surface area contributed by atoms with Gasteiger partial charge in [0.05, 0.1) is 23.5 Å². The number of benzene rings is 2. The average molecular weight is 697 g/mol. The Kier molecular flexibility index (Phi) is 10.7. The van der Waals surface area contributed by atoms with E-state index in [0.29, 0.717) is 38.1 Å². The number of anilines is 1. The molecular formula is C34H40F4N2O7S. The molecular weight excluding hydrogens is 656 g/mol. The summed E-state index contributed by atoms with van der Waals surface area (Å²) < 4.78 is 95.3. The van der Waals surface area contributed by atoms with Crippen molar-refractivity contribution in [1.82, 2.24) is 4.98 Å². The largest absolute Gasteiger partial charge is 0.534 e. The van der Waals surface area contributed by atoms with Crippen molar-refractivity contribution in [2.45, 2.75) is 78.0 Å². The number of alkyl halides is 3. The Hall–Kier alpha value is -3.91. The molecule has 4 rings (SSSR count). The van der Waals surface area contributed by atoms with Crippen molar-refractivity contribution in [3.8, 4) is 22.8 Å². The first-order valence-corrected chi connectivity index (χ1v) is 16.8. The van der Waals surface area contributed by atoms with Crippen LogP contribution in [0.25, 0.3) is 11.1 Å². The molecule has 1 N–H and O–H groups in total. The maximum atomic E-state index is 13.6. The number of carboxylic acids is 1. The van der Waals surface area contributed by atoms with Crippen molar-refractivity contribution in [2.24, 2.45) is 5.41 Å². The summed E-state index contributed by atoms with van der Waals surface area (Å²) in [7, 11) is -6.17. The molecule has 0 radical (unpaired) electrons. The van der Waals surface area contributed by atoms with Gasteiger partial charge in [-0.25, -0.2) is 14.2 Å². The van der Waals surface area contributed by atoms with Crippen LogP contribution >= 0.6 is 0 Å². The molecule has 3 aromatic rings. The molecule has 14 heteroatoms. The molecule has 48 heavy (non-hydrogen) atoms. The molecule has 1 fully saturated rings. The molecule has 0 aliphatic carbocycles. The van der Waals surface area contributed by atoms with Gasteiger partial charge in [-0.15, -0.1) is 0 Å². The molecule has 1 aliphatic heterocycles. The smallest absolute Gasteiger partial charge is 0.493 e. The molecule has 9 nitrogen and oxygen atoms in total. The number of halogens is 4. The molecule has 262 valence electrons. The SMILES string of the molecule is Cc1nc(OS(=O)(=O)C(F)(F)F)c(-c2ccc(OCCc3ccc(F)cc3)cc2)c(N2CCC(C)(C)CC2)c1C(OC(C)(C)C)C(=O)O. The van der Waals surface area contributed by atoms with Crippen molar-refractivity contribution in [1.29, 1.82) is 0 Å². The fourth-order valence-corrected chi connectivity index (χ4v) is 5.79. The summed E-state index contributed by atoms with van der Waals surface area (Å²) >= 11 is 0. The zero-order chi connectivity index (χ0) is 35.7. The van der Waals surface area contributed by atoms with Crippen LogP contribution in [0.2, 0.25) is 0 Å². The van der Waals surface area contributed by atoms with Crippen LogP contribution < -0.4 is 13.8 Å². The van der Waals surface area contributed by atoms with Crippen LogP contribution in [-0.4, -0.2) is 55.3 Å². The number of pyridine rings is 1. The summed E-state index contributed by atoms with van der Waals surface area (Å²) in [6.07, 6.45) is 0.176. The van der Waals surface area contributed by atoms with Crippen LogP contribution in [0, 0.1) is 18.2 Å². The van der Waals surface area contributed by atoms with Gasteiger partial charge in [-0.05, 0) is 81.3 Å². The van der Waals surface area contributed by atoms with E-state index in [1.54, 1.807) is 45.0 Å². The van der Waals surface area contributed by atoms with E-state index in [1.165, 1.54) is 31.2 Å². The zero-order valence-corrected chi connectivity index (χ0v) is 28.5. The highest BCUT2D eigenvalue weighted by atomic mass is 32.2. The highest BCUT2D eigenvalue weighted by Crippen LogP contribution is 2.48. The Morgan fingerprint density at radius 3 is 2.12 bits per heavy atom. The number of aryl methyl sites for hydroxylation is 1. The standard InChI is InChI=1S/C34H40F4N2O7S/c1-21-26(29(31(41)42)46-32(2,3)4)28(40-18-16-33(5,6)17-19-40)27(30(39-21)47-48(43,44)34(36,37)38)23-9-13-25(14-10-23)45-20-15-22-7-11-24(35)12-8-22/h7-14,29H,15-20H2,1-6H3,(H,41,42). The summed E-state index contributed by atoms with van der Waals surface area (Å²) in [6.45, 7) is 11.5. The Balaban J connectivity index is 1.89. The third-order valence-corrected chi connectivity index (χ3v) is 8.89. The minimum absolute atomic E-state index is 0.0663. The number of hydrogen-bond acceptors (Lipinski definition) is 8. The number of nitrogens with zero attached hydrogens (tertiary/aromatic N) is 2. The minimum atomic E-state index is -6.17. The summed E-state index contributed by atoms with van der Waals surface area (Å²) in [5.74, 6) is -2.17. The van der Waals surface area contributed by atoms with Crippen molar-refractivity contribution >= 4 is 21.8 Å². The van der Waals surface area contributed by atoms with Gasteiger partial charge >= 0.3 is 21.6 Å². The van der Waals surface area contributed by atoms with E-state index < -0.39 is 39.2 Å². The number of piperidine rings is 1. The Bertz CT molecular complexity index is 1710. The normalized spacial score (nSPS) is 16.0. The lowest BCUT2D eigenvalue weighted by Crippen LogP contribution is -2.39. The maximum Gasteiger partial charge on any atom is 0.534 e. The van der Waals surface area contributed by atoms with Gasteiger partial charge in [-0.1, -0.05) is 38.1 Å². The second-order valence-electron chi connectivity index (χ2n) is 13.5. The van der Waals surface area contributed by atoms with E-state index in [2.05, 4.69) is 18.8 Å². The van der Waals surface area contributed by atoms with Crippen LogP contribution in [0.3, 0.4) is 0 Å². The number of carbonyl (C=O) groups is 1. The van der Waals surface area contributed by atoms with Gasteiger partial charge in [0.2, 0.25) is 5.88 Å². The van der Waals surface area contributed by atoms with E-state index in [4.69, 9.17) is 13.7 Å². The highest BCUT2D eigenvalue weighted by Gasteiger charge is 2.50. The van der Waals surface area contributed by atoms with Crippen molar-refractivity contribution < 1.29 is 49.5 Å². The predicted octanol–water partition coefficient (Wildman–Crippen LogP) is 7.61. The topological polar surface area (TPSA) is 115 Å². The number of hydrogen-bond donors (Lipinski definition) is 1. The molecule has 1 aliphatic rings. The van der Waals surface area contributed by atoms with Crippen molar-refractivity contribution in [3.63, 3.8) is 0 Å². The Labute approximate surface area is 278 Å². The molecule has 0 saturated carbocycles. The molecule has 0 amide bonds. The summed E-state index contributed by atoms with van der Waals surface area (Å²) in [6, 6.07) is 12.1. The number of ether oxygens (including phenoxy) is 2. The van der Waals surface area contributed by atoms with Crippen LogP contribution in [0.1, 0.15) is 70.4 Å². The monoisotopic (exact) mass is 696 g/mol. The number of aromatic nitrogens is 1. The lowest BCUT2D eigenvalue weighted by atomic mass is 9.82. The minimum Gasteiger partial charge on any atom is -0.493 e. The first-order chi connectivity index (χ1) is 22.2. The van der Waals surface area contributed by atoms with Gasteiger partial charge in [0.25, 0.3) is 0 Å². The van der Waals surface area contributed by atoms with Gasteiger partial charge in [0.15, 0.2) is 6.10 Å². The highest BCUT2D eigenvalue weighted by molar-refractivity contribution is 7.88. The lowest BCUT2D eigenvalue weighted by Gasteiger charge is -2.41. The summed E-state index contributed by atoms with van der Waals surface area (Å²) in [5, 5.41) is 10.4. The van der Waals surface area contributed by atoms with Crippen LogP contribution in [-0.2, 0) is 26.1 Å². The number of rotatable bonds is 11. The first kappa shape index (κ1) is 36.9. The maximum absolute atomic E-state index is 13.6. The number of carboxylic acid groups (broad SMARTS) is 1. The first-order valence-electron chi connectivity index (χ1n) is 15.4. The van der Waals surface area contributed by atoms with E-state index >= 15 is 0 Å². The van der Waals surface area contributed by atoms with Crippen LogP contribution in [0.15, 0.2) is 48.5 Å². The summed E-state index contributed by atoms with van der Waals surface area (Å²) in [4.78, 5) is 18.7. The third kappa shape index (κ3) is 8.95. The fourth-order valence-electron chi connectivity index (χ4n) is 5.37.